The van der Waals surface area contributed by atoms with Gasteiger partial charge in [0.05, 0.1) is 15.1 Å². The average molecular weight is 504 g/mol. The first-order valence-corrected chi connectivity index (χ1v) is 13.4. The van der Waals surface area contributed by atoms with Crippen molar-refractivity contribution in [1.29, 1.82) is 0 Å². The van der Waals surface area contributed by atoms with E-state index in [1.807, 2.05) is 4.57 Å². The van der Waals surface area contributed by atoms with Crippen molar-refractivity contribution in [2.24, 2.45) is 10.9 Å². The van der Waals surface area contributed by atoms with Gasteiger partial charge in [0, 0.05) is 30.6 Å². The molecule has 0 N–H and O–H groups in total. The van der Waals surface area contributed by atoms with E-state index in [0.29, 0.717) is 29.2 Å². The molecule has 2 heterocycles. The maximum absolute atomic E-state index is 13.0. The second kappa shape index (κ2) is 9.54. The van der Waals surface area contributed by atoms with Gasteiger partial charge in [0.1, 0.15) is 0 Å². The van der Waals surface area contributed by atoms with Gasteiger partial charge in [-0.3, -0.25) is 4.79 Å². The quantitative estimate of drug-likeness (QED) is 0.474. The smallest absolute Gasteiger partial charge is 0.251 e. The van der Waals surface area contributed by atoms with E-state index < -0.39 is 10.0 Å². The first-order chi connectivity index (χ1) is 15.7. The number of hydrogen-bond acceptors (Lipinski definition) is 4. The number of nitrogens with zero attached hydrogens (tertiary/aromatic N) is 3. The first kappa shape index (κ1) is 23.9. The number of carbonyl (C=O) groups is 1. The van der Waals surface area contributed by atoms with E-state index >= 15 is 0 Å². The van der Waals surface area contributed by atoms with Crippen LogP contribution in [0.5, 0.6) is 0 Å². The second-order valence-electron chi connectivity index (χ2n) is 8.30. The number of fused-ring (bicyclic) bond motifs is 1. The molecule has 0 bridgehead atoms. The molecule has 4 rings (SSSR count). The molecule has 0 spiro atoms. The molecule has 0 radical (unpaired) electrons. The maximum Gasteiger partial charge on any atom is 0.251 e. The number of sulfonamides is 1. The fourth-order valence-corrected chi connectivity index (χ4v) is 6.88. The number of aromatic nitrogens is 1. The first-order valence-electron chi connectivity index (χ1n) is 10.8. The van der Waals surface area contributed by atoms with Crippen LogP contribution in [-0.4, -0.2) is 36.3 Å². The minimum absolute atomic E-state index is 0.197. The van der Waals surface area contributed by atoms with Crippen molar-refractivity contribution < 1.29 is 13.2 Å². The Morgan fingerprint density at radius 3 is 2.52 bits per heavy atom. The van der Waals surface area contributed by atoms with Gasteiger partial charge in [0.2, 0.25) is 10.0 Å². The Labute approximate surface area is 202 Å². The number of thiazole rings is 1. The number of halogens is 1. The molecule has 9 heteroatoms. The van der Waals surface area contributed by atoms with Crippen LogP contribution >= 0.6 is 22.9 Å². The summed E-state index contributed by atoms with van der Waals surface area (Å²) in [7, 11) is -3.61. The molecule has 1 fully saturated rings. The minimum Gasteiger partial charge on any atom is -0.312 e. The maximum atomic E-state index is 13.0. The van der Waals surface area contributed by atoms with Gasteiger partial charge in [-0.1, -0.05) is 35.1 Å². The lowest BCUT2D eigenvalue weighted by Gasteiger charge is -2.29. The monoisotopic (exact) mass is 503 g/mol. The number of aryl methyl sites for hydroxylation is 2. The van der Waals surface area contributed by atoms with Crippen molar-refractivity contribution >= 4 is 49.1 Å². The highest BCUT2D eigenvalue weighted by Gasteiger charge is 2.32. The Bertz CT molecular complexity index is 1380. The number of carbonyl (C=O) groups excluding carboxylic acids is 1. The summed E-state index contributed by atoms with van der Waals surface area (Å²) in [6.07, 6.45) is 2.69. The number of allylic oxidation sites excluding steroid dienone is 1. The Kier molecular flexibility index (Phi) is 6.91. The van der Waals surface area contributed by atoms with Gasteiger partial charge in [0.25, 0.3) is 5.91 Å². The zero-order valence-electron chi connectivity index (χ0n) is 18.6. The molecule has 33 heavy (non-hydrogen) atoms. The van der Waals surface area contributed by atoms with Crippen molar-refractivity contribution in [3.05, 3.63) is 70.0 Å². The molecule has 3 aromatic rings. The van der Waals surface area contributed by atoms with Crippen LogP contribution in [0.15, 0.2) is 58.9 Å². The van der Waals surface area contributed by atoms with Gasteiger partial charge in [-0.25, -0.2) is 8.42 Å². The SMILES string of the molecule is C=CCn1c(=NC(=O)C2CCN(S(=O)(=O)c3ccc(Cl)cc3)CC2)sc2c(C)cc(C)cc21. The van der Waals surface area contributed by atoms with Gasteiger partial charge in [-0.15, -0.1) is 6.58 Å². The topological polar surface area (TPSA) is 71.7 Å². The molecule has 174 valence electrons. The molecular formula is C24H26ClN3O3S2. The van der Waals surface area contributed by atoms with Crippen molar-refractivity contribution in [3.8, 4) is 0 Å². The molecule has 6 nitrogen and oxygen atoms in total. The molecule has 1 aliphatic heterocycles. The summed E-state index contributed by atoms with van der Waals surface area (Å²) in [6.45, 7) is 9.09. The fraction of sp³-hybridized carbons (Fsp3) is 0.333. The molecule has 1 saturated heterocycles. The highest BCUT2D eigenvalue weighted by Crippen LogP contribution is 2.26. The van der Waals surface area contributed by atoms with Crippen LogP contribution in [0.3, 0.4) is 0 Å². The second-order valence-corrected chi connectivity index (χ2v) is 11.6. The van der Waals surface area contributed by atoms with E-state index in [2.05, 4.69) is 37.6 Å². The minimum atomic E-state index is -3.61. The summed E-state index contributed by atoms with van der Waals surface area (Å²) >= 11 is 7.38. The molecule has 2 aromatic carbocycles. The van der Waals surface area contributed by atoms with Crippen LogP contribution in [0.1, 0.15) is 24.0 Å². The molecule has 0 atom stereocenters. The third-order valence-electron chi connectivity index (χ3n) is 5.89. The summed E-state index contributed by atoms with van der Waals surface area (Å²) in [6, 6.07) is 10.4. The lowest BCUT2D eigenvalue weighted by atomic mass is 9.98. The predicted octanol–water partition coefficient (Wildman–Crippen LogP) is 4.69. The van der Waals surface area contributed by atoms with Crippen LogP contribution in [-0.2, 0) is 21.4 Å². The Hall–Kier alpha value is -2.26. The Balaban J connectivity index is 1.55. The highest BCUT2D eigenvalue weighted by molar-refractivity contribution is 7.89. The van der Waals surface area contributed by atoms with Gasteiger partial charge in [-0.2, -0.15) is 9.30 Å². The van der Waals surface area contributed by atoms with E-state index in [1.54, 1.807) is 18.2 Å². The lowest BCUT2D eigenvalue weighted by Crippen LogP contribution is -2.40. The zero-order valence-corrected chi connectivity index (χ0v) is 21.0. The number of amides is 1. The summed E-state index contributed by atoms with van der Waals surface area (Å²) in [5.74, 6) is -0.496. The van der Waals surface area contributed by atoms with E-state index in [-0.39, 0.29) is 29.8 Å². The number of benzene rings is 2. The van der Waals surface area contributed by atoms with Crippen LogP contribution in [0.25, 0.3) is 10.2 Å². The molecular weight excluding hydrogens is 478 g/mol. The van der Waals surface area contributed by atoms with Crippen LogP contribution < -0.4 is 4.80 Å². The van der Waals surface area contributed by atoms with Crippen molar-refractivity contribution in [3.63, 3.8) is 0 Å². The third-order valence-corrected chi connectivity index (χ3v) is 9.28. The highest BCUT2D eigenvalue weighted by atomic mass is 35.5. The summed E-state index contributed by atoms with van der Waals surface area (Å²) < 4.78 is 30.4. The number of hydrogen-bond donors (Lipinski definition) is 0. The fourth-order valence-electron chi connectivity index (χ4n) is 4.19. The lowest BCUT2D eigenvalue weighted by molar-refractivity contribution is -0.122. The summed E-state index contributed by atoms with van der Waals surface area (Å²) in [5.41, 5.74) is 3.36. The zero-order chi connectivity index (χ0) is 23.8. The van der Waals surface area contributed by atoms with Gasteiger partial charge in [-0.05, 0) is 68.1 Å². The molecule has 0 saturated carbocycles. The van der Waals surface area contributed by atoms with Gasteiger partial charge >= 0.3 is 0 Å². The average Bonchev–Trinajstić information content (AvgIpc) is 3.12. The van der Waals surface area contributed by atoms with E-state index in [0.717, 1.165) is 21.3 Å². The summed E-state index contributed by atoms with van der Waals surface area (Å²) in [4.78, 5) is 18.4. The van der Waals surface area contributed by atoms with Crippen molar-refractivity contribution in [1.82, 2.24) is 8.87 Å². The van der Waals surface area contributed by atoms with Crippen molar-refractivity contribution in [2.75, 3.05) is 13.1 Å². The van der Waals surface area contributed by atoms with E-state index in [9.17, 15) is 13.2 Å². The van der Waals surface area contributed by atoms with Crippen molar-refractivity contribution in [2.45, 2.75) is 38.1 Å². The Morgan fingerprint density at radius 2 is 1.88 bits per heavy atom. The Morgan fingerprint density at radius 1 is 1.21 bits per heavy atom. The third kappa shape index (κ3) is 4.84. The molecule has 1 aromatic heterocycles. The number of piperidine rings is 1. The van der Waals surface area contributed by atoms with Gasteiger partial charge in [0.15, 0.2) is 4.80 Å². The molecule has 1 aliphatic rings. The largest absolute Gasteiger partial charge is 0.312 e. The predicted molar refractivity (Wildman–Crippen MR) is 133 cm³/mol. The standard InChI is InChI=1S/C24H26ClN3O3S2/c1-4-11-28-21-15-16(2)14-17(3)22(21)32-24(28)26-23(29)18-9-12-27(13-10-18)33(30,31)20-7-5-19(25)6-8-20/h4-8,14-15,18H,1,9-13H2,2-3H3. The van der Waals surface area contributed by atoms with E-state index in [4.69, 9.17) is 11.6 Å². The van der Waals surface area contributed by atoms with Crippen LogP contribution in [0.4, 0.5) is 0 Å². The molecule has 1 amide bonds. The van der Waals surface area contributed by atoms with Crippen LogP contribution in [0.2, 0.25) is 5.02 Å². The molecule has 0 aliphatic carbocycles. The number of rotatable bonds is 5. The van der Waals surface area contributed by atoms with Gasteiger partial charge < -0.3 is 4.57 Å². The molecule has 0 unspecified atom stereocenters. The van der Waals surface area contributed by atoms with Crippen LogP contribution in [0, 0.1) is 19.8 Å². The summed E-state index contributed by atoms with van der Waals surface area (Å²) in [5, 5.41) is 0.486. The van der Waals surface area contributed by atoms with E-state index in [1.165, 1.54) is 27.8 Å². The normalized spacial score (nSPS) is 16.4.